The molecule has 0 saturated carbocycles. The van der Waals surface area contributed by atoms with Gasteiger partial charge >= 0.3 is 0 Å². The van der Waals surface area contributed by atoms with E-state index in [1.54, 1.807) is 34.0 Å². The van der Waals surface area contributed by atoms with E-state index >= 15 is 0 Å². The number of likely N-dealkylation sites (N-methyl/N-ethyl adjacent to an activating group) is 1. The predicted octanol–water partition coefficient (Wildman–Crippen LogP) is 0.665. The van der Waals surface area contributed by atoms with Crippen LogP contribution in [0.3, 0.4) is 0 Å². The van der Waals surface area contributed by atoms with Crippen LogP contribution in [0.4, 0.5) is 0 Å². The highest BCUT2D eigenvalue weighted by molar-refractivity contribution is 6.26. The number of aromatic hydroxyl groups is 1. The number of nitrogens with zero attached hydrogens (tertiary/aromatic N) is 4. The molecule has 1 N–H and O–H groups in total. The van der Waals surface area contributed by atoms with Gasteiger partial charge in [-0.1, -0.05) is 0 Å². The van der Waals surface area contributed by atoms with Gasteiger partial charge in [0.05, 0.1) is 22.5 Å². The minimum Gasteiger partial charge on any atom is -0.493 e. The molecule has 0 aromatic carbocycles. The first kappa shape index (κ1) is 11.4. The number of amides is 1. The maximum Gasteiger partial charge on any atom is 0.275 e. The molecule has 1 aromatic heterocycles. The third-order valence-corrected chi connectivity index (χ3v) is 2.74. The number of hydrogen-bond donors (Lipinski definition) is 1. The normalized spacial score (nSPS) is 18.1. The van der Waals surface area contributed by atoms with E-state index in [1.807, 2.05) is 0 Å². The van der Waals surface area contributed by atoms with E-state index in [0.29, 0.717) is 22.5 Å². The first-order valence-electron chi connectivity index (χ1n) is 5.19. The Kier molecular flexibility index (Phi) is 2.49. The third-order valence-electron chi connectivity index (χ3n) is 2.74. The van der Waals surface area contributed by atoms with Crippen molar-refractivity contribution >= 4 is 17.7 Å². The van der Waals surface area contributed by atoms with Crippen molar-refractivity contribution in [1.82, 2.24) is 14.8 Å². The molecular weight excluding hydrogens is 220 g/mol. The average Bonchev–Trinajstić information content (AvgIpc) is 2.62. The van der Waals surface area contributed by atoms with Gasteiger partial charge in [0.25, 0.3) is 5.91 Å². The zero-order valence-corrected chi connectivity index (χ0v) is 10.2. The van der Waals surface area contributed by atoms with Crippen LogP contribution >= 0.6 is 0 Å². The maximum atomic E-state index is 11.8. The number of rotatable bonds is 1. The van der Waals surface area contributed by atoms with Crippen molar-refractivity contribution in [3.8, 4) is 5.88 Å². The molecule has 17 heavy (non-hydrogen) atoms. The number of hydrogen-bond acceptors (Lipinski definition) is 4. The van der Waals surface area contributed by atoms with E-state index in [4.69, 9.17) is 0 Å². The summed E-state index contributed by atoms with van der Waals surface area (Å²) in [6, 6.07) is 0. The molecule has 6 heteroatoms. The maximum absolute atomic E-state index is 11.8. The molecule has 0 saturated heterocycles. The second-order valence-corrected chi connectivity index (χ2v) is 4.02. The minimum absolute atomic E-state index is 0.0464. The van der Waals surface area contributed by atoms with Crippen molar-refractivity contribution < 1.29 is 9.90 Å². The van der Waals surface area contributed by atoms with E-state index in [-0.39, 0.29) is 11.8 Å². The third kappa shape index (κ3) is 1.71. The first-order valence-corrected chi connectivity index (χ1v) is 5.19. The molecule has 1 aliphatic heterocycles. The molecule has 90 valence electrons. The molecule has 2 rings (SSSR count). The highest BCUT2D eigenvalue weighted by atomic mass is 16.3. The van der Waals surface area contributed by atoms with Crippen LogP contribution in [-0.2, 0) is 11.8 Å². The molecular formula is C11H14N4O2. The summed E-state index contributed by atoms with van der Waals surface area (Å²) in [6.45, 7) is 3.54. The monoisotopic (exact) mass is 234 g/mol. The second-order valence-electron chi connectivity index (χ2n) is 4.02. The van der Waals surface area contributed by atoms with Crippen LogP contribution in [0.5, 0.6) is 5.88 Å². The van der Waals surface area contributed by atoms with Gasteiger partial charge in [0.1, 0.15) is 0 Å². The summed E-state index contributed by atoms with van der Waals surface area (Å²) in [5.41, 5.74) is 2.35. The molecule has 0 fully saturated rings. The summed E-state index contributed by atoms with van der Waals surface area (Å²) in [6.07, 6.45) is 1.63. The highest BCUT2D eigenvalue weighted by Crippen LogP contribution is 2.25. The van der Waals surface area contributed by atoms with E-state index < -0.39 is 0 Å². The number of carbonyl (C=O) groups excluding carboxylic acids is 1. The van der Waals surface area contributed by atoms with Crippen LogP contribution in [0.15, 0.2) is 10.7 Å². The Morgan fingerprint density at radius 2 is 1.94 bits per heavy atom. The molecule has 6 nitrogen and oxygen atoms in total. The van der Waals surface area contributed by atoms with Crippen LogP contribution in [-0.4, -0.2) is 38.6 Å². The summed E-state index contributed by atoms with van der Waals surface area (Å²) >= 11 is 0. The molecule has 1 amide bonds. The van der Waals surface area contributed by atoms with Crippen molar-refractivity contribution in [3.63, 3.8) is 0 Å². The van der Waals surface area contributed by atoms with Crippen LogP contribution in [0.2, 0.25) is 0 Å². The van der Waals surface area contributed by atoms with Gasteiger partial charge in [-0.25, -0.2) is 9.69 Å². The number of aryl methyl sites for hydroxylation is 2. The number of carbonyl (C=O) groups is 1. The SMILES string of the molecule is CC1=NN(C)C(=O)/C1=C/c1c(C)nn(C)c1O. The highest BCUT2D eigenvalue weighted by Gasteiger charge is 2.25. The molecule has 0 unspecified atom stereocenters. The molecule has 1 aromatic rings. The largest absolute Gasteiger partial charge is 0.493 e. The number of hydrazone groups is 1. The van der Waals surface area contributed by atoms with Gasteiger partial charge in [0, 0.05) is 14.1 Å². The van der Waals surface area contributed by atoms with Gasteiger partial charge < -0.3 is 5.11 Å². The molecule has 0 bridgehead atoms. The lowest BCUT2D eigenvalue weighted by atomic mass is 10.1. The first-order chi connectivity index (χ1) is 7.91. The van der Waals surface area contributed by atoms with Gasteiger partial charge in [-0.05, 0) is 19.9 Å². The quantitative estimate of drug-likeness (QED) is 0.726. The summed E-state index contributed by atoms with van der Waals surface area (Å²) in [4.78, 5) is 11.8. The molecule has 0 spiro atoms. The van der Waals surface area contributed by atoms with Crippen molar-refractivity contribution in [2.45, 2.75) is 13.8 Å². The second kappa shape index (κ2) is 3.73. The summed E-state index contributed by atoms with van der Waals surface area (Å²) in [7, 11) is 3.25. The standard InChI is InChI=1S/C11H14N4O2/c1-6-8(10(16)14(3)12-6)5-9-7(2)13-15(4)11(9)17/h5,16H,1-4H3/b9-5+. The van der Waals surface area contributed by atoms with E-state index in [0.717, 1.165) is 0 Å². The van der Waals surface area contributed by atoms with Crippen molar-refractivity contribution in [3.05, 3.63) is 16.8 Å². The fourth-order valence-electron chi connectivity index (χ4n) is 1.80. The lowest BCUT2D eigenvalue weighted by molar-refractivity contribution is -0.124. The average molecular weight is 234 g/mol. The van der Waals surface area contributed by atoms with Gasteiger partial charge in [-0.15, -0.1) is 0 Å². The Morgan fingerprint density at radius 3 is 2.35 bits per heavy atom. The summed E-state index contributed by atoms with van der Waals surface area (Å²) in [5.74, 6) is -0.129. The van der Waals surface area contributed by atoms with Crippen molar-refractivity contribution in [2.75, 3.05) is 7.05 Å². The fourth-order valence-corrected chi connectivity index (χ4v) is 1.80. The van der Waals surface area contributed by atoms with Crippen molar-refractivity contribution in [1.29, 1.82) is 0 Å². The van der Waals surface area contributed by atoms with Gasteiger partial charge in [-0.3, -0.25) is 4.79 Å². The number of aromatic nitrogens is 2. The van der Waals surface area contributed by atoms with E-state index in [9.17, 15) is 9.90 Å². The molecule has 1 aliphatic rings. The van der Waals surface area contributed by atoms with Gasteiger partial charge in [-0.2, -0.15) is 10.2 Å². The molecule has 0 aliphatic carbocycles. The van der Waals surface area contributed by atoms with Crippen LogP contribution in [0.25, 0.3) is 6.08 Å². The Balaban J connectivity index is 2.51. The Bertz CT molecular complexity index is 554. The summed E-state index contributed by atoms with van der Waals surface area (Å²) < 4.78 is 1.37. The summed E-state index contributed by atoms with van der Waals surface area (Å²) in [5, 5.41) is 19.2. The zero-order chi connectivity index (χ0) is 12.7. The lowest BCUT2D eigenvalue weighted by Crippen LogP contribution is -2.16. The Hall–Kier alpha value is -2.11. The van der Waals surface area contributed by atoms with Gasteiger partial charge in [0.2, 0.25) is 5.88 Å². The van der Waals surface area contributed by atoms with E-state index in [2.05, 4.69) is 10.2 Å². The minimum atomic E-state index is -0.176. The Labute approximate surface area is 98.8 Å². The lowest BCUT2D eigenvalue weighted by Gasteiger charge is -2.01. The molecule has 0 atom stereocenters. The van der Waals surface area contributed by atoms with Gasteiger partial charge in [0.15, 0.2) is 0 Å². The van der Waals surface area contributed by atoms with Crippen LogP contribution < -0.4 is 0 Å². The zero-order valence-electron chi connectivity index (χ0n) is 10.2. The smallest absolute Gasteiger partial charge is 0.275 e. The Morgan fingerprint density at radius 1 is 1.29 bits per heavy atom. The van der Waals surface area contributed by atoms with Crippen LogP contribution in [0, 0.1) is 6.92 Å². The molecule has 0 radical (unpaired) electrons. The van der Waals surface area contributed by atoms with Crippen molar-refractivity contribution in [2.24, 2.45) is 12.1 Å². The van der Waals surface area contributed by atoms with E-state index in [1.165, 1.54) is 9.69 Å². The molecule has 2 heterocycles. The predicted molar refractivity (Wildman–Crippen MR) is 63.5 cm³/mol. The topological polar surface area (TPSA) is 70.7 Å². The fraction of sp³-hybridized carbons (Fsp3) is 0.364. The van der Waals surface area contributed by atoms with Crippen LogP contribution in [0.1, 0.15) is 18.2 Å².